The van der Waals surface area contributed by atoms with Gasteiger partial charge in [-0.05, 0) is 32.2 Å². The van der Waals surface area contributed by atoms with Crippen LogP contribution >= 0.6 is 16.1 Å². The quantitative estimate of drug-likeness (QED) is 0.840. The van der Waals surface area contributed by atoms with E-state index in [1.165, 1.54) is 32.1 Å². The monoisotopic (exact) mass is 329 g/mol. The van der Waals surface area contributed by atoms with E-state index in [4.69, 9.17) is 0 Å². The molecule has 1 heterocycles. The molecule has 2 rings (SSSR count). The third-order valence-electron chi connectivity index (χ3n) is 4.13. The number of H-pyrrole nitrogens is 1. The summed E-state index contributed by atoms with van der Waals surface area (Å²) in [6.07, 6.45) is 7.53. The van der Waals surface area contributed by atoms with Gasteiger partial charge in [-0.1, -0.05) is 26.2 Å². The number of rotatable bonds is 5. The van der Waals surface area contributed by atoms with E-state index in [1.54, 1.807) is 6.07 Å². The lowest BCUT2D eigenvalue weighted by Crippen LogP contribution is -2.29. The maximum atomic E-state index is 12.2. The van der Waals surface area contributed by atoms with Crippen LogP contribution in [0.2, 0.25) is 0 Å². The molecule has 1 aromatic rings. The molecule has 1 aliphatic rings. The Bertz CT molecular complexity index is 446. The molecular formula is C14H24BrN3O. The van der Waals surface area contributed by atoms with Crippen LogP contribution in [-0.4, -0.2) is 20.8 Å². The number of hydrogen-bond donors (Lipinski definition) is 1. The van der Waals surface area contributed by atoms with Gasteiger partial charge in [0.05, 0.1) is 18.3 Å². The van der Waals surface area contributed by atoms with Gasteiger partial charge >= 0.3 is 0 Å². The van der Waals surface area contributed by atoms with Gasteiger partial charge in [-0.3, -0.25) is 9.89 Å². The molecule has 5 heteroatoms. The predicted octanol–water partition coefficient (Wildman–Crippen LogP) is 3.45. The lowest BCUT2D eigenvalue weighted by molar-refractivity contribution is 0.224. The summed E-state index contributed by atoms with van der Waals surface area (Å²) in [5.41, 5.74) is 1.08. The molecule has 1 aromatic heterocycles. The molecule has 0 bridgehead atoms. The van der Waals surface area contributed by atoms with E-state index in [2.05, 4.69) is 28.2 Å². The molecule has 0 amide bonds. The van der Waals surface area contributed by atoms with Crippen LogP contribution in [-0.2, 0) is 6.54 Å². The largest absolute Gasteiger partial charge is 0.298 e. The maximum absolute atomic E-state index is 12.2. The minimum absolute atomic E-state index is 0.113. The second kappa shape index (κ2) is 6.75. The Morgan fingerprint density at radius 2 is 2.16 bits per heavy atom. The van der Waals surface area contributed by atoms with Crippen molar-refractivity contribution in [3.05, 3.63) is 22.1 Å². The van der Waals surface area contributed by atoms with Gasteiger partial charge < -0.3 is 0 Å². The molecule has 0 aliphatic heterocycles. The van der Waals surface area contributed by atoms with E-state index in [0.29, 0.717) is 18.5 Å². The fourth-order valence-corrected chi connectivity index (χ4v) is 3.54. The summed E-state index contributed by atoms with van der Waals surface area (Å²) < 4.78 is 3.76. The Morgan fingerprint density at radius 3 is 2.74 bits per heavy atom. The summed E-state index contributed by atoms with van der Waals surface area (Å²) in [5.74, 6) is 0.657. The Balaban J connectivity index is 2.17. The van der Waals surface area contributed by atoms with E-state index in [9.17, 15) is 4.79 Å². The van der Waals surface area contributed by atoms with E-state index in [-0.39, 0.29) is 5.56 Å². The number of halogens is 1. The number of aromatic nitrogens is 2. The van der Waals surface area contributed by atoms with Crippen LogP contribution in [0.1, 0.15) is 57.2 Å². The van der Waals surface area contributed by atoms with Crippen molar-refractivity contribution in [1.29, 1.82) is 0 Å². The molecule has 0 radical (unpaired) electrons. The fraction of sp³-hybridized carbons (Fsp3) is 0.786. The Kier molecular flexibility index (Phi) is 5.28. The van der Waals surface area contributed by atoms with Crippen LogP contribution in [0.25, 0.3) is 0 Å². The highest BCUT2D eigenvalue weighted by atomic mass is 79.9. The summed E-state index contributed by atoms with van der Waals surface area (Å²) in [6, 6.07) is 2.06. The van der Waals surface area contributed by atoms with Crippen LogP contribution in [0.15, 0.2) is 10.9 Å². The van der Waals surface area contributed by atoms with E-state index in [1.807, 2.05) is 15.7 Å². The Morgan fingerprint density at radius 1 is 1.47 bits per heavy atom. The first-order valence-electron chi connectivity index (χ1n) is 7.29. The molecule has 19 heavy (non-hydrogen) atoms. The SMILES string of the molecule is CCC(C1CCCCC1)n1[nH]c(CN(C)Br)cc1=O. The summed E-state index contributed by atoms with van der Waals surface area (Å²) in [6.45, 7) is 2.90. The highest BCUT2D eigenvalue weighted by molar-refractivity contribution is 9.07. The predicted molar refractivity (Wildman–Crippen MR) is 81.3 cm³/mol. The van der Waals surface area contributed by atoms with Crippen molar-refractivity contribution < 1.29 is 0 Å². The molecule has 1 saturated carbocycles. The Labute approximate surface area is 123 Å². The molecule has 1 N–H and O–H groups in total. The van der Waals surface area contributed by atoms with Crippen molar-refractivity contribution in [3.63, 3.8) is 0 Å². The topological polar surface area (TPSA) is 41.0 Å². The molecule has 1 atom stereocenters. The third kappa shape index (κ3) is 3.72. The fourth-order valence-electron chi connectivity index (χ4n) is 3.27. The van der Waals surface area contributed by atoms with Crippen molar-refractivity contribution in [3.8, 4) is 0 Å². The van der Waals surface area contributed by atoms with Gasteiger partial charge in [0.25, 0.3) is 5.56 Å². The minimum atomic E-state index is 0.113. The lowest BCUT2D eigenvalue weighted by Gasteiger charge is -2.29. The summed E-state index contributed by atoms with van der Waals surface area (Å²) >= 11 is 3.38. The molecule has 108 valence electrons. The van der Waals surface area contributed by atoms with E-state index in [0.717, 1.165) is 12.1 Å². The molecule has 1 unspecified atom stereocenters. The second-order valence-electron chi connectivity index (χ2n) is 5.63. The van der Waals surface area contributed by atoms with Crippen LogP contribution < -0.4 is 5.56 Å². The smallest absolute Gasteiger partial charge is 0.267 e. The molecule has 0 spiro atoms. The van der Waals surface area contributed by atoms with Crippen molar-refractivity contribution in [2.75, 3.05) is 7.05 Å². The molecular weight excluding hydrogens is 306 g/mol. The molecule has 0 aromatic carbocycles. The summed E-state index contributed by atoms with van der Waals surface area (Å²) in [5, 5.41) is 3.29. The standard InChI is InChI=1S/C14H24BrN3O/c1-3-13(11-7-5-4-6-8-11)18-14(19)9-12(16-18)10-17(2)15/h9,11,13,16H,3-8,10H2,1-2H3. The average molecular weight is 330 g/mol. The van der Waals surface area contributed by atoms with Crippen LogP contribution in [0, 0.1) is 5.92 Å². The van der Waals surface area contributed by atoms with Crippen molar-refractivity contribution in [1.82, 2.24) is 13.7 Å². The van der Waals surface area contributed by atoms with Gasteiger partial charge in [0, 0.05) is 22.2 Å². The van der Waals surface area contributed by atoms with Gasteiger partial charge in [-0.25, -0.2) is 8.61 Å². The minimum Gasteiger partial charge on any atom is -0.298 e. The van der Waals surface area contributed by atoms with Gasteiger partial charge in [0.2, 0.25) is 0 Å². The zero-order chi connectivity index (χ0) is 13.8. The first-order valence-corrected chi connectivity index (χ1v) is 8.00. The summed E-state index contributed by atoms with van der Waals surface area (Å²) in [4.78, 5) is 12.2. The van der Waals surface area contributed by atoms with Gasteiger partial charge in [0.1, 0.15) is 0 Å². The van der Waals surface area contributed by atoms with Crippen molar-refractivity contribution in [2.24, 2.45) is 5.92 Å². The highest BCUT2D eigenvalue weighted by Gasteiger charge is 2.25. The van der Waals surface area contributed by atoms with Crippen LogP contribution in [0.5, 0.6) is 0 Å². The lowest BCUT2D eigenvalue weighted by atomic mass is 9.83. The van der Waals surface area contributed by atoms with Gasteiger partial charge in [0.15, 0.2) is 0 Å². The highest BCUT2D eigenvalue weighted by Crippen LogP contribution is 2.33. The maximum Gasteiger partial charge on any atom is 0.267 e. The van der Waals surface area contributed by atoms with Crippen LogP contribution in [0.3, 0.4) is 0 Å². The summed E-state index contributed by atoms with van der Waals surface area (Å²) in [7, 11) is 1.94. The average Bonchev–Trinajstić information content (AvgIpc) is 2.72. The molecule has 4 nitrogen and oxygen atoms in total. The number of nitrogens with zero attached hydrogens (tertiary/aromatic N) is 2. The molecule has 0 saturated heterocycles. The number of nitrogens with one attached hydrogen (secondary N) is 1. The normalized spacial score (nSPS) is 18.9. The van der Waals surface area contributed by atoms with E-state index < -0.39 is 0 Å². The van der Waals surface area contributed by atoms with E-state index >= 15 is 0 Å². The van der Waals surface area contributed by atoms with Crippen molar-refractivity contribution in [2.45, 2.75) is 58.0 Å². The zero-order valence-electron chi connectivity index (χ0n) is 11.9. The molecule has 1 fully saturated rings. The van der Waals surface area contributed by atoms with Crippen molar-refractivity contribution >= 4 is 16.1 Å². The second-order valence-corrected chi connectivity index (χ2v) is 6.84. The molecule has 1 aliphatic carbocycles. The number of hydrogen-bond acceptors (Lipinski definition) is 2. The number of aromatic amines is 1. The third-order valence-corrected chi connectivity index (χ3v) is 4.38. The first-order chi connectivity index (χ1) is 9.11. The zero-order valence-corrected chi connectivity index (χ0v) is 13.4. The first kappa shape index (κ1) is 14.9. The van der Waals surface area contributed by atoms with Gasteiger partial charge in [-0.15, -0.1) is 0 Å². The Hall–Kier alpha value is -0.550. The van der Waals surface area contributed by atoms with Crippen LogP contribution in [0.4, 0.5) is 0 Å². The van der Waals surface area contributed by atoms with Gasteiger partial charge in [-0.2, -0.15) is 0 Å².